The van der Waals surface area contributed by atoms with Gasteiger partial charge in [0.1, 0.15) is 0 Å². The normalized spacial score (nSPS) is 14.2. The maximum Gasteiger partial charge on any atom is 0.360 e. The minimum atomic E-state index is -1.00. The summed E-state index contributed by atoms with van der Waals surface area (Å²) in [6, 6.07) is 14.5. The fourth-order valence-electron chi connectivity index (χ4n) is 3.84. The Morgan fingerprint density at radius 1 is 1.10 bits per heavy atom. The van der Waals surface area contributed by atoms with Crippen molar-refractivity contribution in [3.05, 3.63) is 75.7 Å². The molecule has 0 fully saturated rings. The monoisotopic (exact) mass is 421 g/mol. The van der Waals surface area contributed by atoms with Crippen LogP contribution >= 0.6 is 0 Å². The predicted molar refractivity (Wildman–Crippen MR) is 114 cm³/mol. The average Bonchev–Trinajstić information content (AvgIpc) is 2.80. The number of fused-ring (bicyclic) bond motifs is 2. The van der Waals surface area contributed by atoms with Gasteiger partial charge in [-0.1, -0.05) is 42.5 Å². The molecule has 2 heterocycles. The first-order valence-electron chi connectivity index (χ1n) is 10.2. The summed E-state index contributed by atoms with van der Waals surface area (Å²) < 4.78 is 6.48. The van der Waals surface area contributed by atoms with Crippen molar-refractivity contribution >= 4 is 22.6 Å². The second kappa shape index (κ2) is 8.69. The molecule has 4 rings (SSSR count). The Morgan fingerprint density at radius 3 is 2.52 bits per heavy atom. The number of aliphatic hydroxyl groups is 1. The molecule has 160 valence electrons. The maximum atomic E-state index is 12.9. The first-order chi connectivity index (χ1) is 15.0. The highest BCUT2D eigenvalue weighted by atomic mass is 16.5. The minimum Gasteiger partial charge on any atom is -0.448 e. The van der Waals surface area contributed by atoms with E-state index in [4.69, 9.17) is 4.74 Å². The molecule has 1 aromatic heterocycles. The van der Waals surface area contributed by atoms with Crippen LogP contribution in [0.5, 0.6) is 0 Å². The molecule has 0 bridgehead atoms. The van der Waals surface area contributed by atoms with Crippen molar-refractivity contribution < 1.29 is 19.4 Å². The van der Waals surface area contributed by atoms with Crippen molar-refractivity contribution in [3.63, 3.8) is 0 Å². The van der Waals surface area contributed by atoms with E-state index >= 15 is 0 Å². The predicted octanol–water partition coefficient (Wildman–Crippen LogP) is 1.52. The van der Waals surface area contributed by atoms with Gasteiger partial charge in [0.25, 0.3) is 11.5 Å². The minimum absolute atomic E-state index is 0.0500. The highest BCUT2D eigenvalue weighted by Gasteiger charge is 2.28. The summed E-state index contributed by atoms with van der Waals surface area (Å²) in [6.45, 7) is 2.21. The number of carbonyl (C=O) groups excluding carboxylic acids is 2. The van der Waals surface area contributed by atoms with Gasteiger partial charge in [0, 0.05) is 18.5 Å². The molecule has 1 aliphatic rings. The van der Waals surface area contributed by atoms with Gasteiger partial charge in [-0.3, -0.25) is 9.59 Å². The number of aliphatic hydroxyl groups excluding tert-OH is 1. The molecule has 0 radical (unpaired) electrons. The Kier molecular flexibility index (Phi) is 5.81. The van der Waals surface area contributed by atoms with Gasteiger partial charge in [0.15, 0.2) is 11.8 Å². The van der Waals surface area contributed by atoms with Crippen LogP contribution in [0.3, 0.4) is 0 Å². The Morgan fingerprint density at radius 2 is 1.77 bits per heavy atom. The van der Waals surface area contributed by atoms with E-state index in [-0.39, 0.29) is 24.8 Å². The number of ether oxygens (including phenoxy) is 1. The summed E-state index contributed by atoms with van der Waals surface area (Å²) in [7, 11) is 0. The molecule has 0 unspecified atom stereocenters. The number of rotatable bonds is 5. The topological polar surface area (TPSA) is 102 Å². The third-order valence-electron chi connectivity index (χ3n) is 5.45. The van der Waals surface area contributed by atoms with Crippen LogP contribution in [0.25, 0.3) is 10.8 Å². The van der Waals surface area contributed by atoms with Crippen LogP contribution < -0.4 is 5.56 Å². The van der Waals surface area contributed by atoms with Gasteiger partial charge in [-0.25, -0.2) is 9.48 Å². The number of aromatic nitrogens is 2. The molecule has 0 saturated heterocycles. The summed E-state index contributed by atoms with van der Waals surface area (Å²) in [5.41, 5.74) is 1.84. The van der Waals surface area contributed by atoms with Crippen LogP contribution in [0.4, 0.5) is 0 Å². The van der Waals surface area contributed by atoms with Crippen molar-refractivity contribution in [1.29, 1.82) is 0 Å². The van der Waals surface area contributed by atoms with E-state index in [1.54, 1.807) is 29.2 Å². The van der Waals surface area contributed by atoms with E-state index in [0.29, 0.717) is 23.9 Å². The number of benzene rings is 2. The molecular formula is C23H23N3O5. The van der Waals surface area contributed by atoms with E-state index in [1.807, 2.05) is 18.2 Å². The van der Waals surface area contributed by atoms with Gasteiger partial charge in [0.2, 0.25) is 0 Å². The summed E-state index contributed by atoms with van der Waals surface area (Å²) in [4.78, 5) is 40.0. The van der Waals surface area contributed by atoms with Crippen molar-refractivity contribution in [3.8, 4) is 0 Å². The molecule has 31 heavy (non-hydrogen) atoms. The molecule has 0 saturated carbocycles. The smallest absolute Gasteiger partial charge is 0.360 e. The molecule has 3 aromatic rings. The van der Waals surface area contributed by atoms with E-state index in [2.05, 4.69) is 11.2 Å². The SMILES string of the molecule is C[C@H](OC(=O)c1nn(CCO)c(=O)c2ccccc12)C(=O)N1CCc2ccccc2C1. The molecule has 0 aliphatic carbocycles. The van der Waals surface area contributed by atoms with Crippen LogP contribution in [0.15, 0.2) is 53.3 Å². The Hall–Kier alpha value is -3.52. The number of hydrogen-bond donors (Lipinski definition) is 1. The molecule has 1 N–H and O–H groups in total. The van der Waals surface area contributed by atoms with Crippen molar-refractivity contribution in [2.24, 2.45) is 0 Å². The fourth-order valence-corrected chi connectivity index (χ4v) is 3.84. The molecule has 1 aliphatic heterocycles. The highest BCUT2D eigenvalue weighted by Crippen LogP contribution is 2.20. The summed E-state index contributed by atoms with van der Waals surface area (Å²) in [6.07, 6.45) is -0.252. The van der Waals surface area contributed by atoms with E-state index in [9.17, 15) is 19.5 Å². The molecule has 8 heteroatoms. The highest BCUT2D eigenvalue weighted by molar-refractivity contribution is 6.02. The summed E-state index contributed by atoms with van der Waals surface area (Å²) >= 11 is 0. The zero-order chi connectivity index (χ0) is 22.0. The average molecular weight is 421 g/mol. The fraction of sp³-hybridized carbons (Fsp3) is 0.304. The van der Waals surface area contributed by atoms with Gasteiger partial charge >= 0.3 is 5.97 Å². The number of hydrogen-bond acceptors (Lipinski definition) is 6. The van der Waals surface area contributed by atoms with Crippen LogP contribution in [-0.2, 0) is 29.0 Å². The second-order valence-electron chi connectivity index (χ2n) is 7.47. The lowest BCUT2D eigenvalue weighted by Gasteiger charge is -2.30. The van der Waals surface area contributed by atoms with E-state index in [0.717, 1.165) is 16.7 Å². The second-order valence-corrected chi connectivity index (χ2v) is 7.47. The Bertz CT molecular complexity index is 1200. The van der Waals surface area contributed by atoms with Gasteiger partial charge < -0.3 is 14.7 Å². The lowest BCUT2D eigenvalue weighted by atomic mass is 9.99. The number of carbonyl (C=O) groups is 2. The number of esters is 1. The standard InChI is InChI=1S/C23H23N3O5/c1-15(21(28)25-11-10-16-6-2-3-7-17(16)14-25)31-23(30)20-18-8-4-5-9-19(18)22(29)26(24-20)12-13-27/h2-9,15,27H,10-14H2,1H3/t15-/m0/s1. The van der Waals surface area contributed by atoms with Crippen molar-refractivity contribution in [2.45, 2.75) is 32.5 Å². The largest absolute Gasteiger partial charge is 0.448 e. The summed E-state index contributed by atoms with van der Waals surface area (Å²) in [5, 5.41) is 13.9. The molecule has 0 spiro atoms. The van der Waals surface area contributed by atoms with Crippen LogP contribution in [0.1, 0.15) is 28.5 Å². The Balaban J connectivity index is 1.55. The zero-order valence-corrected chi connectivity index (χ0v) is 17.2. The number of nitrogens with zero attached hydrogens (tertiary/aromatic N) is 3. The van der Waals surface area contributed by atoms with Crippen LogP contribution in [0, 0.1) is 0 Å². The van der Waals surface area contributed by atoms with Gasteiger partial charge in [-0.05, 0) is 30.5 Å². The first-order valence-corrected chi connectivity index (χ1v) is 10.2. The lowest BCUT2D eigenvalue weighted by Crippen LogP contribution is -2.42. The third-order valence-corrected chi connectivity index (χ3v) is 5.45. The third kappa shape index (κ3) is 4.06. The number of amides is 1. The maximum absolute atomic E-state index is 12.9. The molecule has 1 amide bonds. The first kappa shape index (κ1) is 20.7. The molecule has 1 atom stereocenters. The van der Waals surface area contributed by atoms with E-state index in [1.165, 1.54) is 12.5 Å². The van der Waals surface area contributed by atoms with Crippen molar-refractivity contribution in [2.75, 3.05) is 13.2 Å². The molecular weight excluding hydrogens is 398 g/mol. The van der Waals surface area contributed by atoms with Crippen LogP contribution in [-0.4, -0.2) is 50.9 Å². The van der Waals surface area contributed by atoms with E-state index < -0.39 is 17.6 Å². The molecule has 2 aromatic carbocycles. The molecule has 8 nitrogen and oxygen atoms in total. The zero-order valence-electron chi connectivity index (χ0n) is 17.2. The van der Waals surface area contributed by atoms with Gasteiger partial charge in [0.05, 0.1) is 18.5 Å². The summed E-state index contributed by atoms with van der Waals surface area (Å²) in [5.74, 6) is -1.07. The van der Waals surface area contributed by atoms with Gasteiger partial charge in [-0.15, -0.1) is 0 Å². The van der Waals surface area contributed by atoms with Crippen LogP contribution in [0.2, 0.25) is 0 Å². The van der Waals surface area contributed by atoms with Gasteiger partial charge in [-0.2, -0.15) is 5.10 Å². The Labute approximate surface area is 178 Å². The quantitative estimate of drug-likeness (QED) is 0.627. The van der Waals surface area contributed by atoms with Crippen molar-refractivity contribution in [1.82, 2.24) is 14.7 Å². The lowest BCUT2D eigenvalue weighted by molar-refractivity contribution is -0.140.